The second-order valence-corrected chi connectivity index (χ2v) is 6.46. The summed E-state index contributed by atoms with van der Waals surface area (Å²) in [4.78, 5) is 25.9. The van der Waals surface area contributed by atoms with Crippen molar-refractivity contribution in [3.63, 3.8) is 0 Å². The average molecular weight is 343 g/mol. The molecule has 3 rings (SSSR count). The van der Waals surface area contributed by atoms with Crippen LogP contribution >= 0.6 is 11.8 Å². The van der Waals surface area contributed by atoms with E-state index in [0.717, 1.165) is 28.6 Å². The van der Waals surface area contributed by atoms with E-state index in [9.17, 15) is 9.59 Å². The van der Waals surface area contributed by atoms with Crippen molar-refractivity contribution >= 4 is 29.0 Å². The molecule has 0 N–H and O–H groups in total. The molecule has 0 bridgehead atoms. The molecule has 0 radical (unpaired) electrons. The molecule has 2 amide bonds. The summed E-state index contributed by atoms with van der Waals surface area (Å²) < 4.78 is 10.9. The zero-order valence-corrected chi connectivity index (χ0v) is 14.3. The SMILES string of the molecule is Cc1ccc(OCCN2C(=O)S/C(=C/c3ccco3)C2=O)c(C)c1. The van der Waals surface area contributed by atoms with E-state index < -0.39 is 0 Å². The van der Waals surface area contributed by atoms with E-state index in [1.807, 2.05) is 32.0 Å². The van der Waals surface area contributed by atoms with Gasteiger partial charge in [-0.2, -0.15) is 0 Å². The highest BCUT2D eigenvalue weighted by atomic mass is 32.2. The lowest BCUT2D eigenvalue weighted by Crippen LogP contribution is -2.32. The van der Waals surface area contributed by atoms with Gasteiger partial charge in [-0.05, 0) is 49.4 Å². The van der Waals surface area contributed by atoms with Gasteiger partial charge in [0.2, 0.25) is 0 Å². The molecule has 6 heteroatoms. The first-order valence-corrected chi connectivity index (χ1v) is 8.35. The first-order chi connectivity index (χ1) is 11.5. The molecule has 1 saturated heterocycles. The van der Waals surface area contributed by atoms with Crippen molar-refractivity contribution < 1.29 is 18.7 Å². The zero-order chi connectivity index (χ0) is 17.1. The molecule has 1 fully saturated rings. The van der Waals surface area contributed by atoms with Crippen molar-refractivity contribution in [3.05, 3.63) is 58.4 Å². The van der Waals surface area contributed by atoms with Gasteiger partial charge in [0, 0.05) is 6.08 Å². The third-order valence-electron chi connectivity index (χ3n) is 3.59. The van der Waals surface area contributed by atoms with E-state index in [4.69, 9.17) is 9.15 Å². The number of hydrogen-bond acceptors (Lipinski definition) is 5. The molecule has 0 atom stereocenters. The van der Waals surface area contributed by atoms with Gasteiger partial charge < -0.3 is 9.15 Å². The summed E-state index contributed by atoms with van der Waals surface area (Å²) in [6.45, 7) is 4.46. The Kier molecular flexibility index (Phi) is 4.76. The van der Waals surface area contributed by atoms with E-state index in [0.29, 0.717) is 10.7 Å². The van der Waals surface area contributed by atoms with Crippen LogP contribution in [-0.2, 0) is 4.79 Å². The van der Waals surface area contributed by atoms with Gasteiger partial charge in [-0.3, -0.25) is 14.5 Å². The molecule has 5 nitrogen and oxygen atoms in total. The average Bonchev–Trinajstić information content (AvgIpc) is 3.13. The molecule has 0 spiro atoms. The molecule has 24 heavy (non-hydrogen) atoms. The fourth-order valence-corrected chi connectivity index (χ4v) is 3.25. The second-order valence-electron chi connectivity index (χ2n) is 5.47. The van der Waals surface area contributed by atoms with Crippen molar-refractivity contribution in [2.45, 2.75) is 13.8 Å². The van der Waals surface area contributed by atoms with Crippen LogP contribution < -0.4 is 4.74 Å². The summed E-state index contributed by atoms with van der Waals surface area (Å²) in [5.74, 6) is 0.997. The zero-order valence-electron chi connectivity index (χ0n) is 13.4. The van der Waals surface area contributed by atoms with Crippen LogP contribution in [0, 0.1) is 13.8 Å². The lowest BCUT2D eigenvalue weighted by molar-refractivity contribution is -0.123. The van der Waals surface area contributed by atoms with Gasteiger partial charge in [0.25, 0.3) is 11.1 Å². The normalized spacial score (nSPS) is 16.2. The fraction of sp³-hybridized carbons (Fsp3) is 0.222. The van der Waals surface area contributed by atoms with Gasteiger partial charge in [-0.1, -0.05) is 17.7 Å². The number of nitrogens with zero attached hydrogens (tertiary/aromatic N) is 1. The Morgan fingerprint density at radius 3 is 2.79 bits per heavy atom. The molecule has 0 saturated carbocycles. The van der Waals surface area contributed by atoms with Crippen LogP contribution in [0.4, 0.5) is 4.79 Å². The van der Waals surface area contributed by atoms with Crippen LogP contribution in [0.1, 0.15) is 16.9 Å². The van der Waals surface area contributed by atoms with E-state index in [1.54, 1.807) is 18.2 Å². The number of hydrogen-bond donors (Lipinski definition) is 0. The lowest BCUT2D eigenvalue weighted by Gasteiger charge is -2.14. The molecular formula is C18H17NO4S. The number of furan rings is 1. The molecule has 2 heterocycles. The maximum atomic E-state index is 12.3. The van der Waals surface area contributed by atoms with Gasteiger partial charge in [0.05, 0.1) is 17.7 Å². The first kappa shape index (κ1) is 16.4. The number of benzene rings is 1. The highest BCUT2D eigenvalue weighted by Gasteiger charge is 2.35. The number of rotatable bonds is 5. The van der Waals surface area contributed by atoms with Crippen LogP contribution in [-0.4, -0.2) is 29.2 Å². The highest BCUT2D eigenvalue weighted by molar-refractivity contribution is 8.18. The Balaban J connectivity index is 1.61. The van der Waals surface area contributed by atoms with E-state index >= 15 is 0 Å². The smallest absolute Gasteiger partial charge is 0.293 e. The molecule has 124 valence electrons. The monoisotopic (exact) mass is 343 g/mol. The van der Waals surface area contributed by atoms with E-state index in [1.165, 1.54) is 11.2 Å². The Labute approximate surface area is 144 Å². The van der Waals surface area contributed by atoms with Gasteiger partial charge in [-0.25, -0.2) is 0 Å². The Morgan fingerprint density at radius 1 is 1.25 bits per heavy atom. The van der Waals surface area contributed by atoms with Crippen molar-refractivity contribution in [3.8, 4) is 5.75 Å². The summed E-state index contributed by atoms with van der Waals surface area (Å²) in [6, 6.07) is 9.36. The van der Waals surface area contributed by atoms with Crippen molar-refractivity contribution in [1.82, 2.24) is 4.90 Å². The lowest BCUT2D eigenvalue weighted by atomic mass is 10.1. The summed E-state index contributed by atoms with van der Waals surface area (Å²) in [5.41, 5.74) is 2.19. The topological polar surface area (TPSA) is 59.8 Å². The molecule has 1 aromatic carbocycles. The van der Waals surface area contributed by atoms with Gasteiger partial charge in [-0.15, -0.1) is 0 Å². The molecule has 1 aliphatic heterocycles. The summed E-state index contributed by atoms with van der Waals surface area (Å²) in [6.07, 6.45) is 3.10. The van der Waals surface area contributed by atoms with E-state index in [-0.39, 0.29) is 24.3 Å². The molecule has 1 aliphatic rings. The Morgan fingerprint density at radius 2 is 2.08 bits per heavy atom. The third kappa shape index (κ3) is 3.54. The predicted octanol–water partition coefficient (Wildman–Crippen LogP) is 4.01. The van der Waals surface area contributed by atoms with Gasteiger partial charge in [0.15, 0.2) is 0 Å². The minimum Gasteiger partial charge on any atom is -0.491 e. The van der Waals surface area contributed by atoms with Gasteiger partial charge in [0.1, 0.15) is 18.1 Å². The number of aryl methyl sites for hydroxylation is 2. The first-order valence-electron chi connectivity index (χ1n) is 7.53. The maximum absolute atomic E-state index is 12.3. The van der Waals surface area contributed by atoms with Crippen LogP contribution in [0.2, 0.25) is 0 Å². The molecule has 0 aliphatic carbocycles. The van der Waals surface area contributed by atoms with E-state index in [2.05, 4.69) is 0 Å². The van der Waals surface area contributed by atoms with Crippen LogP contribution in [0.5, 0.6) is 5.75 Å². The molecule has 0 unspecified atom stereocenters. The number of imide groups is 1. The number of thioether (sulfide) groups is 1. The van der Waals surface area contributed by atoms with Crippen molar-refractivity contribution in [2.75, 3.05) is 13.2 Å². The fourth-order valence-electron chi connectivity index (χ4n) is 2.40. The standard InChI is InChI=1S/C18H17NO4S/c1-12-5-6-15(13(2)10-12)23-9-7-19-17(20)16(24-18(19)21)11-14-4-3-8-22-14/h3-6,8,10-11H,7,9H2,1-2H3/b16-11+. The van der Waals surface area contributed by atoms with Crippen LogP contribution in [0.15, 0.2) is 45.9 Å². The summed E-state index contributed by atoms with van der Waals surface area (Å²) >= 11 is 0.914. The highest BCUT2D eigenvalue weighted by Crippen LogP contribution is 2.32. The third-order valence-corrected chi connectivity index (χ3v) is 4.50. The second kappa shape index (κ2) is 6.97. The van der Waals surface area contributed by atoms with Gasteiger partial charge >= 0.3 is 0 Å². The molecule has 2 aromatic rings. The quantitative estimate of drug-likeness (QED) is 0.768. The van der Waals surface area contributed by atoms with Crippen LogP contribution in [0.25, 0.3) is 6.08 Å². The molecule has 1 aromatic heterocycles. The predicted molar refractivity (Wildman–Crippen MR) is 92.8 cm³/mol. The maximum Gasteiger partial charge on any atom is 0.293 e. The number of amides is 2. The Bertz CT molecular complexity index is 795. The van der Waals surface area contributed by atoms with Crippen molar-refractivity contribution in [1.29, 1.82) is 0 Å². The number of ether oxygens (including phenoxy) is 1. The summed E-state index contributed by atoms with van der Waals surface area (Å²) in [7, 11) is 0. The summed E-state index contributed by atoms with van der Waals surface area (Å²) in [5, 5.41) is -0.290. The minimum atomic E-state index is -0.314. The number of carbonyl (C=O) groups excluding carboxylic acids is 2. The number of carbonyl (C=O) groups is 2. The van der Waals surface area contributed by atoms with Crippen LogP contribution in [0.3, 0.4) is 0 Å². The minimum absolute atomic E-state index is 0.216. The molecular weight excluding hydrogens is 326 g/mol. The Hall–Kier alpha value is -2.47. The largest absolute Gasteiger partial charge is 0.491 e. The van der Waals surface area contributed by atoms with Crippen molar-refractivity contribution in [2.24, 2.45) is 0 Å².